The van der Waals surface area contributed by atoms with Crippen LogP contribution in [-0.4, -0.2) is 74.9 Å². The van der Waals surface area contributed by atoms with Gasteiger partial charge in [0.25, 0.3) is 5.56 Å². The number of rotatable bonds is 5. The van der Waals surface area contributed by atoms with Gasteiger partial charge in [0, 0.05) is 24.4 Å². The van der Waals surface area contributed by atoms with E-state index in [-0.39, 0.29) is 25.5 Å². The van der Waals surface area contributed by atoms with Crippen LogP contribution in [0.15, 0.2) is 57.9 Å². The van der Waals surface area contributed by atoms with Gasteiger partial charge in [-0.25, -0.2) is 14.3 Å². The average Bonchev–Trinajstić information content (AvgIpc) is 3.54. The van der Waals surface area contributed by atoms with E-state index >= 15 is 0 Å². The average molecular weight is 727 g/mol. The number of nitrogens with zero attached hydrogens (tertiary/aromatic N) is 3. The molecule has 2 aromatic rings. The van der Waals surface area contributed by atoms with Crippen LogP contribution < -0.4 is 16.2 Å². The van der Waals surface area contributed by atoms with Crippen molar-refractivity contribution in [1.29, 1.82) is 0 Å². The van der Waals surface area contributed by atoms with Gasteiger partial charge in [-0.1, -0.05) is 55.3 Å². The zero-order chi connectivity index (χ0) is 34.6. The third kappa shape index (κ3) is 7.82. The molecule has 12 nitrogen and oxygen atoms in total. The van der Waals surface area contributed by atoms with Gasteiger partial charge in [0.1, 0.15) is 23.2 Å². The van der Waals surface area contributed by atoms with Crippen molar-refractivity contribution < 1.29 is 28.7 Å². The smallest absolute Gasteiger partial charge is 0.408 e. The van der Waals surface area contributed by atoms with Crippen LogP contribution >= 0.6 is 15.9 Å². The molecule has 0 unspecified atom stereocenters. The van der Waals surface area contributed by atoms with Gasteiger partial charge in [0.15, 0.2) is 0 Å². The molecular weight excluding hydrogens is 682 g/mol. The number of ether oxygens (including phenoxy) is 2. The quantitative estimate of drug-likeness (QED) is 0.334. The first kappa shape index (κ1) is 35.3. The lowest BCUT2D eigenvalue weighted by Gasteiger charge is -2.30. The molecule has 2 N–H and O–H groups in total. The Labute approximate surface area is 288 Å². The van der Waals surface area contributed by atoms with Crippen molar-refractivity contribution in [2.75, 3.05) is 13.2 Å². The minimum absolute atomic E-state index is 0.0107. The minimum Gasteiger partial charge on any atom is -0.464 e. The van der Waals surface area contributed by atoms with E-state index in [1.165, 1.54) is 9.58 Å². The number of aromatic nitrogens is 2. The molecule has 2 fully saturated rings. The maximum atomic E-state index is 14.3. The Balaban J connectivity index is 1.50. The van der Waals surface area contributed by atoms with E-state index in [4.69, 9.17) is 9.47 Å². The number of esters is 1. The fraction of sp³-hybridized carbons (Fsp3) is 0.543. The standard InChI is InChI=1S/C35H44BrN5O7/c1-5-47-32(45)35-19-23(35)16-12-7-6-8-13-17-26(38-33(46)48-34(2,3)4)30(43)40-21-24(18-27(40)29(42)39-35)41-31(44)28(36)25(20-37-41)22-14-10-9-11-15-22/h9-12,14-16,20,23-24,26-27H,5-8,13,17-19,21H2,1-4H3,(H,38,46)(H,39,42)/b16-12-/t23-,24-,26+,27+,35-/m1/s1. The molecule has 13 heteroatoms. The van der Waals surface area contributed by atoms with Crippen molar-refractivity contribution in [2.24, 2.45) is 5.92 Å². The summed E-state index contributed by atoms with van der Waals surface area (Å²) in [7, 11) is 0. The highest BCUT2D eigenvalue weighted by molar-refractivity contribution is 9.10. The van der Waals surface area contributed by atoms with Gasteiger partial charge in [0.05, 0.1) is 23.3 Å². The van der Waals surface area contributed by atoms with Crippen molar-refractivity contribution >= 4 is 39.8 Å². The third-order valence-corrected chi connectivity index (χ3v) is 9.73. The van der Waals surface area contributed by atoms with Crippen LogP contribution in [-0.2, 0) is 23.9 Å². The Morgan fingerprint density at radius 3 is 2.58 bits per heavy atom. The molecule has 258 valence electrons. The molecule has 5 atom stereocenters. The highest BCUT2D eigenvalue weighted by Crippen LogP contribution is 2.46. The van der Waals surface area contributed by atoms with Gasteiger partial charge >= 0.3 is 12.1 Å². The zero-order valence-corrected chi connectivity index (χ0v) is 29.5. The molecule has 1 aromatic heterocycles. The second-order valence-electron chi connectivity index (χ2n) is 13.6. The third-order valence-electron chi connectivity index (χ3n) is 8.96. The van der Waals surface area contributed by atoms with Crippen molar-refractivity contribution in [3.8, 4) is 11.1 Å². The summed E-state index contributed by atoms with van der Waals surface area (Å²) in [6.45, 7) is 7.06. The minimum atomic E-state index is -1.24. The van der Waals surface area contributed by atoms with Crippen LogP contribution in [0.2, 0.25) is 0 Å². The number of hydrogen-bond donors (Lipinski definition) is 2. The summed E-state index contributed by atoms with van der Waals surface area (Å²) in [6.07, 6.45) is 8.71. The van der Waals surface area contributed by atoms with Gasteiger partial charge in [-0.15, -0.1) is 0 Å². The number of nitrogens with one attached hydrogen (secondary N) is 2. The molecule has 0 bridgehead atoms. The number of carbonyl (C=O) groups is 4. The normalized spacial score (nSPS) is 27.0. The zero-order valence-electron chi connectivity index (χ0n) is 27.9. The molecule has 0 radical (unpaired) electrons. The second-order valence-corrected chi connectivity index (χ2v) is 14.4. The van der Waals surface area contributed by atoms with Crippen LogP contribution in [0.25, 0.3) is 11.1 Å². The van der Waals surface area contributed by atoms with Crippen LogP contribution in [0.1, 0.15) is 78.7 Å². The maximum absolute atomic E-state index is 14.3. The maximum Gasteiger partial charge on any atom is 0.408 e. The first-order chi connectivity index (χ1) is 22.8. The van der Waals surface area contributed by atoms with E-state index < -0.39 is 58.7 Å². The monoisotopic (exact) mass is 725 g/mol. The van der Waals surface area contributed by atoms with Crippen LogP contribution in [0.5, 0.6) is 0 Å². The van der Waals surface area contributed by atoms with Gasteiger partial charge in [-0.3, -0.25) is 14.4 Å². The first-order valence-corrected chi connectivity index (χ1v) is 17.4. The lowest BCUT2D eigenvalue weighted by molar-refractivity contribution is -0.150. The number of hydrogen-bond acceptors (Lipinski definition) is 8. The summed E-state index contributed by atoms with van der Waals surface area (Å²) < 4.78 is 12.5. The fourth-order valence-corrected chi connectivity index (χ4v) is 6.99. The lowest BCUT2D eigenvalue weighted by atomic mass is 10.0. The summed E-state index contributed by atoms with van der Waals surface area (Å²) in [5, 5.41) is 10.2. The predicted octanol–water partition coefficient (Wildman–Crippen LogP) is 4.67. The van der Waals surface area contributed by atoms with E-state index in [0.717, 1.165) is 24.8 Å². The lowest BCUT2D eigenvalue weighted by Crippen LogP contribution is -2.56. The Bertz CT molecular complexity index is 1620. The van der Waals surface area contributed by atoms with E-state index in [9.17, 15) is 24.0 Å². The Morgan fingerprint density at radius 2 is 1.88 bits per heavy atom. The molecule has 3 heterocycles. The van der Waals surface area contributed by atoms with Crippen molar-refractivity contribution in [3.63, 3.8) is 0 Å². The number of benzene rings is 1. The van der Waals surface area contributed by atoms with Crippen molar-refractivity contribution in [2.45, 2.75) is 102 Å². The highest BCUT2D eigenvalue weighted by Gasteiger charge is 2.62. The van der Waals surface area contributed by atoms with E-state index in [1.54, 1.807) is 33.9 Å². The van der Waals surface area contributed by atoms with E-state index in [2.05, 4.69) is 31.7 Å². The number of halogens is 1. The second kappa shape index (κ2) is 14.6. The molecule has 0 spiro atoms. The van der Waals surface area contributed by atoms with Crippen LogP contribution in [0, 0.1) is 5.92 Å². The van der Waals surface area contributed by atoms with Crippen molar-refractivity contribution in [1.82, 2.24) is 25.3 Å². The summed E-state index contributed by atoms with van der Waals surface area (Å²) in [5.74, 6) is -1.76. The van der Waals surface area contributed by atoms with Gasteiger partial charge in [-0.05, 0) is 74.9 Å². The Kier molecular flexibility index (Phi) is 10.8. The van der Waals surface area contributed by atoms with Gasteiger partial charge in [-0.2, -0.15) is 5.10 Å². The molecule has 2 aliphatic heterocycles. The number of allylic oxidation sites excluding steroid dienone is 1. The summed E-state index contributed by atoms with van der Waals surface area (Å²) in [4.78, 5) is 69.7. The summed E-state index contributed by atoms with van der Waals surface area (Å²) in [5.41, 5.74) is -1.00. The molecule has 1 saturated heterocycles. The summed E-state index contributed by atoms with van der Waals surface area (Å²) >= 11 is 3.46. The molecule has 5 rings (SSSR count). The molecule has 48 heavy (non-hydrogen) atoms. The van der Waals surface area contributed by atoms with Crippen LogP contribution in [0.4, 0.5) is 4.79 Å². The van der Waals surface area contributed by atoms with Gasteiger partial charge < -0.3 is 25.0 Å². The largest absolute Gasteiger partial charge is 0.464 e. The number of carbonyl (C=O) groups excluding carboxylic acids is 4. The van der Waals surface area contributed by atoms with E-state index in [1.807, 2.05) is 42.5 Å². The Morgan fingerprint density at radius 1 is 1.12 bits per heavy atom. The molecule has 3 amide bonds. The molecule has 1 aliphatic carbocycles. The topological polar surface area (TPSA) is 149 Å². The molecule has 3 aliphatic rings. The number of alkyl carbamates (subject to hydrolysis) is 1. The van der Waals surface area contributed by atoms with E-state index in [0.29, 0.717) is 29.3 Å². The molecular formula is C35H44BrN5O7. The SMILES string of the molecule is CCOC(=O)[C@@]12C[C@H]1/C=C\CCCCC[C@H](NC(=O)OC(C)(C)C)C(=O)N1C[C@H](n3ncc(-c4ccccc4)c(Br)c3=O)C[C@H]1C(=O)N2. The highest BCUT2D eigenvalue weighted by atomic mass is 79.9. The van der Waals surface area contributed by atoms with Gasteiger partial charge in [0.2, 0.25) is 11.8 Å². The molecule has 1 saturated carbocycles. The Hall–Kier alpha value is -4.00. The first-order valence-electron chi connectivity index (χ1n) is 16.6. The fourth-order valence-electron chi connectivity index (χ4n) is 6.48. The number of fused-ring (bicyclic) bond motifs is 2. The van der Waals surface area contributed by atoms with Crippen LogP contribution in [0.3, 0.4) is 0 Å². The predicted molar refractivity (Wildman–Crippen MR) is 182 cm³/mol. The van der Waals surface area contributed by atoms with Crippen molar-refractivity contribution in [3.05, 3.63) is 63.5 Å². The molecule has 1 aromatic carbocycles. The number of amides is 3. The summed E-state index contributed by atoms with van der Waals surface area (Å²) in [6, 6.07) is 6.68.